The molecule has 5 heteroatoms. The van der Waals surface area contributed by atoms with Gasteiger partial charge in [0.2, 0.25) is 5.91 Å². The van der Waals surface area contributed by atoms with Gasteiger partial charge < -0.3 is 14.8 Å². The molecule has 0 saturated heterocycles. The van der Waals surface area contributed by atoms with Crippen LogP contribution in [0.5, 0.6) is 11.5 Å². The molecule has 1 N–H and O–H groups in total. The summed E-state index contributed by atoms with van der Waals surface area (Å²) in [5, 5.41) is 4.91. The van der Waals surface area contributed by atoms with E-state index in [-0.39, 0.29) is 5.91 Å². The molecule has 3 rings (SSSR count). The summed E-state index contributed by atoms with van der Waals surface area (Å²) in [4.78, 5) is 13.1. The fourth-order valence-corrected chi connectivity index (χ4v) is 3.21. The number of hydrogen-bond donors (Lipinski definition) is 1. The van der Waals surface area contributed by atoms with E-state index in [0.717, 1.165) is 16.0 Å². The summed E-state index contributed by atoms with van der Waals surface area (Å²) in [7, 11) is 1.61. The summed E-state index contributed by atoms with van der Waals surface area (Å²) >= 11 is 1.59. The zero-order chi connectivity index (χ0) is 18.2. The first kappa shape index (κ1) is 18.0. The monoisotopic (exact) mass is 367 g/mol. The first-order valence-electron chi connectivity index (χ1n) is 8.37. The summed E-state index contributed by atoms with van der Waals surface area (Å²) in [6.07, 6.45) is 0.410. The van der Waals surface area contributed by atoms with E-state index < -0.39 is 0 Å². The molecule has 26 heavy (non-hydrogen) atoms. The van der Waals surface area contributed by atoms with E-state index in [4.69, 9.17) is 9.47 Å². The van der Waals surface area contributed by atoms with Crippen molar-refractivity contribution in [1.82, 2.24) is 5.32 Å². The number of methoxy groups -OCH3 is 1. The molecule has 0 aliphatic rings. The minimum Gasteiger partial charge on any atom is -0.493 e. The lowest BCUT2D eigenvalue weighted by molar-refractivity contribution is -0.120. The van der Waals surface area contributed by atoms with Crippen molar-refractivity contribution in [2.24, 2.45) is 0 Å². The van der Waals surface area contributed by atoms with Crippen molar-refractivity contribution in [2.45, 2.75) is 19.6 Å². The maximum Gasteiger partial charge on any atom is 0.225 e. The van der Waals surface area contributed by atoms with E-state index in [1.165, 1.54) is 0 Å². The van der Waals surface area contributed by atoms with Gasteiger partial charge >= 0.3 is 0 Å². The third-order valence-electron chi connectivity index (χ3n) is 3.87. The summed E-state index contributed by atoms with van der Waals surface area (Å²) in [5.41, 5.74) is 2.06. The zero-order valence-electron chi connectivity index (χ0n) is 14.6. The Labute approximate surface area is 157 Å². The fourth-order valence-electron chi connectivity index (χ4n) is 2.51. The van der Waals surface area contributed by atoms with E-state index in [0.29, 0.717) is 31.1 Å². The SMILES string of the molecule is COc1cc(CNC(=O)Cc2cccs2)ccc1OCc1ccccc1. The molecular formula is C21H21NO3S. The Morgan fingerprint density at radius 2 is 1.85 bits per heavy atom. The highest BCUT2D eigenvalue weighted by molar-refractivity contribution is 7.10. The molecule has 1 amide bonds. The molecule has 0 saturated carbocycles. The molecule has 4 nitrogen and oxygen atoms in total. The predicted molar refractivity (Wildman–Crippen MR) is 104 cm³/mol. The Balaban J connectivity index is 1.56. The third-order valence-corrected chi connectivity index (χ3v) is 4.75. The van der Waals surface area contributed by atoms with Crippen LogP contribution in [-0.4, -0.2) is 13.0 Å². The van der Waals surface area contributed by atoms with E-state index in [1.807, 2.05) is 66.0 Å². The number of carbonyl (C=O) groups excluding carboxylic acids is 1. The molecule has 0 aliphatic heterocycles. The number of thiophene rings is 1. The maximum absolute atomic E-state index is 12.0. The molecule has 134 valence electrons. The number of nitrogens with one attached hydrogen (secondary N) is 1. The molecule has 2 aromatic carbocycles. The normalized spacial score (nSPS) is 10.3. The molecule has 0 fully saturated rings. The molecular weight excluding hydrogens is 346 g/mol. The van der Waals surface area contributed by atoms with E-state index in [2.05, 4.69) is 5.32 Å². The summed E-state index contributed by atoms with van der Waals surface area (Å²) < 4.78 is 11.3. The van der Waals surface area contributed by atoms with E-state index >= 15 is 0 Å². The molecule has 0 aliphatic carbocycles. The van der Waals surface area contributed by atoms with Crippen LogP contribution in [0.2, 0.25) is 0 Å². The Hall–Kier alpha value is -2.79. The Morgan fingerprint density at radius 3 is 2.58 bits per heavy atom. The van der Waals surface area contributed by atoms with Crippen molar-refractivity contribution < 1.29 is 14.3 Å². The van der Waals surface area contributed by atoms with Gasteiger partial charge in [-0.25, -0.2) is 0 Å². The third kappa shape index (κ3) is 5.10. The Bertz CT molecular complexity index is 832. The second kappa shape index (κ2) is 9.06. The molecule has 1 heterocycles. The molecule has 0 radical (unpaired) electrons. The standard InChI is InChI=1S/C21H21NO3S/c1-24-20-12-17(14-22-21(23)13-18-8-5-11-26-18)9-10-19(20)25-15-16-6-3-2-4-7-16/h2-12H,13-15H2,1H3,(H,22,23). The maximum atomic E-state index is 12.0. The molecule has 3 aromatic rings. The van der Waals surface area contributed by atoms with Gasteiger partial charge in [-0.05, 0) is 34.7 Å². The van der Waals surface area contributed by atoms with Crippen molar-refractivity contribution in [3.8, 4) is 11.5 Å². The quantitative estimate of drug-likeness (QED) is 0.649. The summed E-state index contributed by atoms with van der Waals surface area (Å²) in [6, 6.07) is 19.6. The molecule has 0 unspecified atom stereocenters. The van der Waals surface area contributed by atoms with Crippen LogP contribution in [0.15, 0.2) is 66.0 Å². The van der Waals surface area contributed by atoms with Crippen molar-refractivity contribution in [1.29, 1.82) is 0 Å². The van der Waals surface area contributed by atoms with Gasteiger partial charge in [0, 0.05) is 11.4 Å². The minimum absolute atomic E-state index is 0.0100. The smallest absolute Gasteiger partial charge is 0.225 e. The second-order valence-corrected chi connectivity index (χ2v) is 6.82. The first-order valence-corrected chi connectivity index (χ1v) is 9.25. The zero-order valence-corrected chi connectivity index (χ0v) is 15.4. The Kier molecular flexibility index (Phi) is 6.28. The van der Waals surface area contributed by atoms with Crippen LogP contribution < -0.4 is 14.8 Å². The molecule has 0 spiro atoms. The molecule has 0 atom stereocenters. The van der Waals surface area contributed by atoms with Crippen molar-refractivity contribution in [3.63, 3.8) is 0 Å². The highest BCUT2D eigenvalue weighted by Gasteiger charge is 2.08. The first-order chi connectivity index (χ1) is 12.7. The van der Waals surface area contributed by atoms with Gasteiger partial charge in [-0.2, -0.15) is 0 Å². The topological polar surface area (TPSA) is 47.6 Å². The van der Waals surface area contributed by atoms with Crippen LogP contribution in [0.1, 0.15) is 16.0 Å². The number of carbonyl (C=O) groups is 1. The van der Waals surface area contributed by atoms with Crippen LogP contribution in [-0.2, 0) is 24.4 Å². The van der Waals surface area contributed by atoms with Crippen LogP contribution in [0.4, 0.5) is 0 Å². The minimum atomic E-state index is 0.0100. The van der Waals surface area contributed by atoms with Crippen LogP contribution in [0.3, 0.4) is 0 Å². The van der Waals surface area contributed by atoms with Crippen LogP contribution in [0.25, 0.3) is 0 Å². The predicted octanol–water partition coefficient (Wildman–Crippen LogP) is 4.19. The van der Waals surface area contributed by atoms with Crippen LogP contribution >= 0.6 is 11.3 Å². The van der Waals surface area contributed by atoms with Gasteiger partial charge in [0.05, 0.1) is 13.5 Å². The highest BCUT2D eigenvalue weighted by Crippen LogP contribution is 2.28. The van der Waals surface area contributed by atoms with E-state index in [9.17, 15) is 4.79 Å². The Morgan fingerprint density at radius 1 is 1.00 bits per heavy atom. The number of amides is 1. The average molecular weight is 367 g/mol. The lowest BCUT2D eigenvalue weighted by atomic mass is 10.2. The number of hydrogen-bond acceptors (Lipinski definition) is 4. The van der Waals surface area contributed by atoms with Gasteiger partial charge in [0.15, 0.2) is 11.5 Å². The lowest BCUT2D eigenvalue weighted by Gasteiger charge is -2.13. The fraction of sp³-hybridized carbons (Fsp3) is 0.190. The van der Waals surface area contributed by atoms with Gasteiger partial charge in [0.1, 0.15) is 6.61 Å². The van der Waals surface area contributed by atoms with Gasteiger partial charge in [-0.1, -0.05) is 42.5 Å². The highest BCUT2D eigenvalue weighted by atomic mass is 32.1. The van der Waals surface area contributed by atoms with Crippen LogP contribution in [0, 0.1) is 0 Å². The van der Waals surface area contributed by atoms with Crippen molar-refractivity contribution in [2.75, 3.05) is 7.11 Å². The summed E-state index contributed by atoms with van der Waals surface area (Å²) in [6.45, 7) is 0.938. The lowest BCUT2D eigenvalue weighted by Crippen LogP contribution is -2.24. The molecule has 0 bridgehead atoms. The second-order valence-electron chi connectivity index (χ2n) is 5.79. The van der Waals surface area contributed by atoms with Gasteiger partial charge in [-0.3, -0.25) is 4.79 Å². The van der Waals surface area contributed by atoms with E-state index in [1.54, 1.807) is 18.4 Å². The molecule has 1 aromatic heterocycles. The number of benzene rings is 2. The van der Waals surface area contributed by atoms with Gasteiger partial charge in [0.25, 0.3) is 0 Å². The number of ether oxygens (including phenoxy) is 2. The average Bonchev–Trinajstić information content (AvgIpc) is 3.18. The van der Waals surface area contributed by atoms with Gasteiger partial charge in [-0.15, -0.1) is 11.3 Å². The summed E-state index contributed by atoms with van der Waals surface area (Å²) in [5.74, 6) is 1.35. The number of rotatable bonds is 8. The van der Waals surface area contributed by atoms with Crippen molar-refractivity contribution in [3.05, 3.63) is 82.0 Å². The largest absolute Gasteiger partial charge is 0.493 e. The van der Waals surface area contributed by atoms with Crippen molar-refractivity contribution >= 4 is 17.2 Å².